The quantitative estimate of drug-likeness (QED) is 0.585. The molecule has 0 aromatic heterocycles. The van der Waals surface area contributed by atoms with Crippen molar-refractivity contribution in [2.24, 2.45) is 0 Å². The van der Waals surface area contributed by atoms with E-state index in [4.69, 9.17) is 0 Å². The normalized spacial score (nSPS) is 30.9. The highest BCUT2D eigenvalue weighted by Gasteiger charge is 2.24. The Bertz CT molecular complexity index is 192. The first-order valence-corrected chi connectivity index (χ1v) is 4.57. The maximum atomic E-state index is 9.56. The van der Waals surface area contributed by atoms with Crippen LogP contribution in [0.4, 0.5) is 0 Å². The minimum atomic E-state index is -0.155. The topological polar surface area (TPSA) is 23.5 Å². The van der Waals surface area contributed by atoms with Gasteiger partial charge in [-0.3, -0.25) is 4.90 Å². The van der Waals surface area contributed by atoms with Crippen molar-refractivity contribution in [1.82, 2.24) is 4.90 Å². The van der Waals surface area contributed by atoms with Gasteiger partial charge in [-0.2, -0.15) is 0 Å². The summed E-state index contributed by atoms with van der Waals surface area (Å²) in [4.78, 5) is 2.24. The third kappa shape index (κ3) is 2.23. The molecule has 1 fully saturated rings. The molecule has 0 spiro atoms. The average Bonchev–Trinajstić information content (AvgIpc) is 2.08. The molecule has 0 aromatic rings. The number of hydrogen-bond donors (Lipinski definition) is 1. The van der Waals surface area contributed by atoms with Crippen molar-refractivity contribution in [3.05, 3.63) is 0 Å². The first kappa shape index (κ1) is 9.57. The molecule has 0 radical (unpaired) electrons. The molecule has 68 valence electrons. The molecule has 0 aromatic carbocycles. The Morgan fingerprint density at radius 1 is 1.58 bits per heavy atom. The van der Waals surface area contributed by atoms with Crippen LogP contribution in [0.15, 0.2) is 0 Å². The van der Waals surface area contributed by atoms with E-state index in [0.29, 0.717) is 0 Å². The predicted octanol–water partition coefficient (Wildman–Crippen LogP) is 0.855. The minimum Gasteiger partial charge on any atom is -0.392 e. The summed E-state index contributed by atoms with van der Waals surface area (Å²) < 4.78 is 0. The highest BCUT2D eigenvalue weighted by molar-refractivity contribution is 4.99. The van der Waals surface area contributed by atoms with Gasteiger partial charge in [0.05, 0.1) is 12.6 Å². The van der Waals surface area contributed by atoms with E-state index < -0.39 is 0 Å². The van der Waals surface area contributed by atoms with Crippen molar-refractivity contribution >= 4 is 0 Å². The second-order valence-electron chi connectivity index (χ2n) is 3.35. The van der Waals surface area contributed by atoms with Gasteiger partial charge in [0.25, 0.3) is 0 Å². The summed E-state index contributed by atoms with van der Waals surface area (Å²) >= 11 is 0. The van der Waals surface area contributed by atoms with Gasteiger partial charge in [0.2, 0.25) is 0 Å². The standard InChI is InChI=1S/C10H17NO/c1-3-4-7-11-8-5-6-10(12)9(11)2/h9-10,12H,5-8H2,1-2H3. The summed E-state index contributed by atoms with van der Waals surface area (Å²) in [5.74, 6) is 5.91. The van der Waals surface area contributed by atoms with Gasteiger partial charge in [0.15, 0.2) is 0 Å². The largest absolute Gasteiger partial charge is 0.392 e. The fourth-order valence-corrected chi connectivity index (χ4v) is 1.60. The molecule has 1 heterocycles. The number of hydrogen-bond acceptors (Lipinski definition) is 2. The smallest absolute Gasteiger partial charge is 0.0693 e. The van der Waals surface area contributed by atoms with Crippen LogP contribution in [0.5, 0.6) is 0 Å². The molecule has 0 aliphatic carbocycles. The molecule has 1 aliphatic rings. The Labute approximate surface area is 74.6 Å². The zero-order valence-electron chi connectivity index (χ0n) is 7.88. The van der Waals surface area contributed by atoms with Gasteiger partial charge in [-0.25, -0.2) is 0 Å². The van der Waals surface area contributed by atoms with E-state index in [1.165, 1.54) is 0 Å². The van der Waals surface area contributed by atoms with Crippen LogP contribution in [0.1, 0.15) is 26.7 Å². The van der Waals surface area contributed by atoms with Crippen LogP contribution in [0, 0.1) is 11.8 Å². The van der Waals surface area contributed by atoms with Gasteiger partial charge in [-0.15, -0.1) is 5.92 Å². The summed E-state index contributed by atoms with van der Waals surface area (Å²) in [5.41, 5.74) is 0. The molecular weight excluding hydrogens is 150 g/mol. The van der Waals surface area contributed by atoms with Gasteiger partial charge in [-0.1, -0.05) is 5.92 Å². The SMILES string of the molecule is CC#CCN1CCCC(O)C1C. The molecule has 0 saturated carbocycles. The fourth-order valence-electron chi connectivity index (χ4n) is 1.60. The van der Waals surface area contributed by atoms with Crippen LogP contribution >= 0.6 is 0 Å². The van der Waals surface area contributed by atoms with E-state index >= 15 is 0 Å². The summed E-state index contributed by atoms with van der Waals surface area (Å²) in [6, 6.07) is 0.277. The third-order valence-electron chi connectivity index (χ3n) is 2.54. The molecule has 0 amide bonds. The molecule has 0 bridgehead atoms. The van der Waals surface area contributed by atoms with Gasteiger partial charge in [-0.05, 0) is 33.2 Å². The van der Waals surface area contributed by atoms with Crippen LogP contribution < -0.4 is 0 Å². The van der Waals surface area contributed by atoms with Crippen LogP contribution in [0.3, 0.4) is 0 Å². The lowest BCUT2D eigenvalue weighted by Crippen LogP contribution is -2.46. The van der Waals surface area contributed by atoms with E-state index in [-0.39, 0.29) is 12.1 Å². The van der Waals surface area contributed by atoms with E-state index in [9.17, 15) is 5.11 Å². The lowest BCUT2D eigenvalue weighted by Gasteiger charge is -2.35. The zero-order valence-corrected chi connectivity index (χ0v) is 7.88. The van der Waals surface area contributed by atoms with E-state index in [0.717, 1.165) is 25.9 Å². The Morgan fingerprint density at radius 2 is 2.33 bits per heavy atom. The van der Waals surface area contributed by atoms with Crippen molar-refractivity contribution in [3.63, 3.8) is 0 Å². The van der Waals surface area contributed by atoms with Crippen molar-refractivity contribution in [2.75, 3.05) is 13.1 Å². The Morgan fingerprint density at radius 3 is 3.00 bits per heavy atom. The lowest BCUT2D eigenvalue weighted by molar-refractivity contribution is 0.0274. The second kappa shape index (κ2) is 4.49. The maximum Gasteiger partial charge on any atom is 0.0693 e. The van der Waals surface area contributed by atoms with E-state index in [1.54, 1.807) is 0 Å². The van der Waals surface area contributed by atoms with Gasteiger partial charge in [0, 0.05) is 6.04 Å². The van der Waals surface area contributed by atoms with Gasteiger partial charge in [0.1, 0.15) is 0 Å². The fraction of sp³-hybridized carbons (Fsp3) is 0.800. The Hall–Kier alpha value is -0.520. The number of aliphatic hydroxyl groups is 1. The van der Waals surface area contributed by atoms with Crippen LogP contribution in [0.25, 0.3) is 0 Å². The number of aliphatic hydroxyl groups excluding tert-OH is 1. The predicted molar refractivity (Wildman–Crippen MR) is 49.7 cm³/mol. The van der Waals surface area contributed by atoms with E-state index in [2.05, 4.69) is 23.7 Å². The highest BCUT2D eigenvalue weighted by Crippen LogP contribution is 2.16. The summed E-state index contributed by atoms with van der Waals surface area (Å²) in [6.45, 7) is 5.80. The first-order valence-electron chi connectivity index (χ1n) is 4.57. The van der Waals surface area contributed by atoms with E-state index in [1.807, 2.05) is 6.92 Å². The molecule has 2 atom stereocenters. The van der Waals surface area contributed by atoms with Gasteiger partial charge < -0.3 is 5.11 Å². The molecule has 1 rings (SSSR count). The van der Waals surface area contributed by atoms with Crippen molar-refractivity contribution < 1.29 is 5.11 Å². The molecule has 1 aliphatic heterocycles. The number of likely N-dealkylation sites (tertiary alicyclic amines) is 1. The number of piperidine rings is 1. The molecule has 1 saturated heterocycles. The monoisotopic (exact) mass is 167 g/mol. The Balaban J connectivity index is 2.44. The molecule has 2 nitrogen and oxygen atoms in total. The Kier molecular flexibility index (Phi) is 3.58. The highest BCUT2D eigenvalue weighted by atomic mass is 16.3. The zero-order chi connectivity index (χ0) is 8.97. The number of nitrogens with zero attached hydrogens (tertiary/aromatic N) is 1. The molecule has 2 unspecified atom stereocenters. The van der Waals surface area contributed by atoms with Crippen molar-refractivity contribution in [2.45, 2.75) is 38.8 Å². The summed E-state index contributed by atoms with van der Waals surface area (Å²) in [5, 5.41) is 9.56. The van der Waals surface area contributed by atoms with Crippen LogP contribution in [0.2, 0.25) is 0 Å². The molecule has 12 heavy (non-hydrogen) atoms. The van der Waals surface area contributed by atoms with Crippen LogP contribution in [-0.2, 0) is 0 Å². The summed E-state index contributed by atoms with van der Waals surface area (Å²) in [7, 11) is 0. The summed E-state index contributed by atoms with van der Waals surface area (Å²) in [6.07, 6.45) is 1.88. The van der Waals surface area contributed by atoms with Gasteiger partial charge >= 0.3 is 0 Å². The third-order valence-corrected chi connectivity index (χ3v) is 2.54. The van der Waals surface area contributed by atoms with Crippen LogP contribution in [-0.4, -0.2) is 35.2 Å². The lowest BCUT2D eigenvalue weighted by atomic mass is 10.0. The van der Waals surface area contributed by atoms with Crippen molar-refractivity contribution in [1.29, 1.82) is 0 Å². The maximum absolute atomic E-state index is 9.56. The molecule has 1 N–H and O–H groups in total. The first-order chi connectivity index (χ1) is 5.75. The number of rotatable bonds is 1. The minimum absolute atomic E-state index is 0.155. The second-order valence-corrected chi connectivity index (χ2v) is 3.35. The molecule has 2 heteroatoms. The average molecular weight is 167 g/mol. The molecular formula is C10H17NO. The van der Waals surface area contributed by atoms with Crippen molar-refractivity contribution in [3.8, 4) is 11.8 Å².